The van der Waals surface area contributed by atoms with E-state index in [9.17, 15) is 24.4 Å². The molecule has 1 unspecified atom stereocenters. The normalized spacial score (nSPS) is 12.1. The lowest BCUT2D eigenvalue weighted by molar-refractivity contribution is -0.396. The van der Waals surface area contributed by atoms with E-state index in [1.807, 2.05) is 0 Å². The molecular formula is C6H5N3O6S. The topological polar surface area (TPSA) is 139 Å². The lowest BCUT2D eigenvalue weighted by Gasteiger charge is -1.99. The van der Waals surface area contributed by atoms with Gasteiger partial charge in [0.1, 0.15) is 4.90 Å². The van der Waals surface area contributed by atoms with E-state index in [2.05, 4.69) is 10.2 Å². The number of nitrogens with two attached hydrogens (primary N) is 1. The Bertz CT molecular complexity index is 475. The second-order valence-corrected chi connectivity index (χ2v) is 3.60. The van der Waals surface area contributed by atoms with E-state index in [4.69, 9.17) is 0 Å². The maximum Gasteiger partial charge on any atom is 0.294 e. The van der Waals surface area contributed by atoms with E-state index in [-0.39, 0.29) is 4.90 Å². The van der Waals surface area contributed by atoms with Gasteiger partial charge >= 0.3 is 0 Å². The van der Waals surface area contributed by atoms with Gasteiger partial charge in [0, 0.05) is 6.07 Å². The molecule has 0 aliphatic carbocycles. The molecule has 2 N–H and O–H groups in total. The first-order chi connectivity index (χ1) is 7.47. The number of nitro benzene ring substituents is 2. The average molecular weight is 247 g/mol. The number of nitro groups is 2. The van der Waals surface area contributed by atoms with E-state index in [1.54, 1.807) is 0 Å². The fourth-order valence-electron chi connectivity index (χ4n) is 0.955. The summed E-state index contributed by atoms with van der Waals surface area (Å²) in [6, 6.07) is 2.62. The smallest absolute Gasteiger partial charge is 0.258 e. The molecule has 16 heavy (non-hydrogen) atoms. The highest BCUT2D eigenvalue weighted by atomic mass is 32.2. The third kappa shape index (κ3) is 2.36. The standard InChI is InChI=1S/C6H5N3O6S/c7-15-16(14)6-2-1-4(8(10)11)3-5(6)9(12)13/h1-3H,7H2. The van der Waals surface area contributed by atoms with Gasteiger partial charge in [0.15, 0.2) is 0 Å². The molecule has 10 heteroatoms. The largest absolute Gasteiger partial charge is 0.294 e. The maximum absolute atomic E-state index is 11.1. The van der Waals surface area contributed by atoms with Gasteiger partial charge in [0.05, 0.1) is 15.9 Å². The highest BCUT2D eigenvalue weighted by molar-refractivity contribution is 7.80. The highest BCUT2D eigenvalue weighted by Gasteiger charge is 2.23. The van der Waals surface area contributed by atoms with Gasteiger partial charge < -0.3 is 0 Å². The Morgan fingerprint density at radius 3 is 2.31 bits per heavy atom. The van der Waals surface area contributed by atoms with Crippen molar-refractivity contribution in [1.29, 1.82) is 0 Å². The summed E-state index contributed by atoms with van der Waals surface area (Å²) in [6.07, 6.45) is 0. The number of benzene rings is 1. The van der Waals surface area contributed by atoms with E-state index in [0.717, 1.165) is 12.1 Å². The molecule has 0 saturated carbocycles. The van der Waals surface area contributed by atoms with Crippen LogP contribution in [-0.4, -0.2) is 14.1 Å². The van der Waals surface area contributed by atoms with Gasteiger partial charge in [-0.25, -0.2) is 4.21 Å². The van der Waals surface area contributed by atoms with Gasteiger partial charge in [-0.15, -0.1) is 0 Å². The predicted molar refractivity (Wildman–Crippen MR) is 51.4 cm³/mol. The Balaban J connectivity index is 3.36. The van der Waals surface area contributed by atoms with Crippen LogP contribution in [0.2, 0.25) is 0 Å². The lowest BCUT2D eigenvalue weighted by Crippen LogP contribution is -2.06. The van der Waals surface area contributed by atoms with Crippen LogP contribution in [0, 0.1) is 20.2 Å². The summed E-state index contributed by atoms with van der Waals surface area (Å²) < 4.78 is 15.0. The summed E-state index contributed by atoms with van der Waals surface area (Å²) in [4.78, 5) is 18.9. The summed E-state index contributed by atoms with van der Waals surface area (Å²) in [5.41, 5.74) is -1.16. The van der Waals surface area contributed by atoms with Crippen LogP contribution in [-0.2, 0) is 15.4 Å². The van der Waals surface area contributed by atoms with Crippen LogP contribution >= 0.6 is 0 Å². The van der Waals surface area contributed by atoms with Crippen LogP contribution in [0.4, 0.5) is 11.4 Å². The van der Waals surface area contributed by atoms with Crippen LogP contribution in [0.25, 0.3) is 0 Å². The number of nitrogens with zero attached hydrogens (tertiary/aromatic N) is 2. The third-order valence-corrected chi connectivity index (χ3v) is 2.50. The zero-order chi connectivity index (χ0) is 12.3. The van der Waals surface area contributed by atoms with Gasteiger partial charge in [-0.05, 0) is 6.07 Å². The molecule has 0 radical (unpaired) electrons. The number of hydrogen-bond donors (Lipinski definition) is 1. The summed E-state index contributed by atoms with van der Waals surface area (Å²) >= 11 is -2.23. The fraction of sp³-hybridized carbons (Fsp3) is 0. The minimum absolute atomic E-state index is 0.335. The minimum atomic E-state index is -2.23. The van der Waals surface area contributed by atoms with Gasteiger partial charge in [0.2, 0.25) is 11.1 Å². The van der Waals surface area contributed by atoms with Gasteiger partial charge in [-0.1, -0.05) is 0 Å². The number of rotatable bonds is 4. The molecule has 0 aromatic heterocycles. The molecule has 1 rings (SSSR count). The first-order valence-corrected chi connectivity index (χ1v) is 4.76. The summed E-state index contributed by atoms with van der Waals surface area (Å²) in [5.74, 6) is 4.61. The quantitative estimate of drug-likeness (QED) is 0.600. The minimum Gasteiger partial charge on any atom is -0.258 e. The van der Waals surface area contributed by atoms with Gasteiger partial charge in [0.25, 0.3) is 11.4 Å². The fourth-order valence-corrected chi connectivity index (χ4v) is 1.54. The predicted octanol–water partition coefficient (Wildman–Crippen LogP) is 0.416. The zero-order valence-electron chi connectivity index (χ0n) is 7.56. The second kappa shape index (κ2) is 4.74. The van der Waals surface area contributed by atoms with Crippen molar-refractivity contribution in [3.05, 3.63) is 38.4 Å². The van der Waals surface area contributed by atoms with Crippen LogP contribution in [0.15, 0.2) is 23.1 Å². The van der Waals surface area contributed by atoms with Crippen molar-refractivity contribution < 1.29 is 18.3 Å². The SMILES string of the molecule is NOS(=O)c1ccc([N+](=O)[O-])cc1[N+](=O)[O-]. The monoisotopic (exact) mass is 247 g/mol. The Labute approximate surface area is 90.7 Å². The van der Waals surface area contributed by atoms with Crippen LogP contribution in [0.3, 0.4) is 0 Å². The maximum atomic E-state index is 11.1. The highest BCUT2D eigenvalue weighted by Crippen LogP contribution is 2.27. The van der Waals surface area contributed by atoms with Gasteiger partial charge in [-0.3, -0.25) is 20.2 Å². The molecule has 0 heterocycles. The van der Waals surface area contributed by atoms with Gasteiger partial charge in [-0.2, -0.15) is 10.2 Å². The summed E-state index contributed by atoms with van der Waals surface area (Å²) in [7, 11) is 0. The Morgan fingerprint density at radius 2 is 1.88 bits per heavy atom. The van der Waals surface area contributed by atoms with Crippen molar-refractivity contribution >= 4 is 22.5 Å². The molecule has 0 aliphatic heterocycles. The Kier molecular flexibility index (Phi) is 3.60. The van der Waals surface area contributed by atoms with E-state index in [0.29, 0.717) is 6.07 Å². The molecule has 0 aliphatic rings. The molecule has 0 saturated heterocycles. The van der Waals surface area contributed by atoms with Crippen LogP contribution in [0.5, 0.6) is 0 Å². The second-order valence-electron chi connectivity index (χ2n) is 2.50. The third-order valence-electron chi connectivity index (χ3n) is 1.62. The molecule has 0 bridgehead atoms. The van der Waals surface area contributed by atoms with Crippen LogP contribution in [0.1, 0.15) is 0 Å². The molecule has 9 nitrogen and oxygen atoms in total. The molecular weight excluding hydrogens is 242 g/mol. The van der Waals surface area contributed by atoms with Crippen molar-refractivity contribution in [3.8, 4) is 0 Å². The Hall–Kier alpha value is -1.91. The lowest BCUT2D eigenvalue weighted by atomic mass is 10.3. The summed E-state index contributed by atoms with van der Waals surface area (Å²) in [5, 5.41) is 20.9. The molecule has 1 aromatic carbocycles. The van der Waals surface area contributed by atoms with Crippen molar-refractivity contribution in [1.82, 2.24) is 0 Å². The molecule has 0 amide bonds. The number of non-ortho nitro benzene ring substituents is 1. The summed E-state index contributed by atoms with van der Waals surface area (Å²) in [6.45, 7) is 0. The molecule has 0 fully saturated rings. The first-order valence-electron chi connectivity index (χ1n) is 3.69. The molecule has 86 valence electrons. The van der Waals surface area contributed by atoms with E-state index in [1.165, 1.54) is 0 Å². The average Bonchev–Trinajstić information content (AvgIpc) is 2.26. The van der Waals surface area contributed by atoms with Crippen LogP contribution < -0.4 is 5.90 Å². The molecule has 1 aromatic rings. The zero-order valence-corrected chi connectivity index (χ0v) is 8.38. The van der Waals surface area contributed by atoms with E-state index < -0.39 is 32.3 Å². The van der Waals surface area contributed by atoms with E-state index >= 15 is 0 Å². The van der Waals surface area contributed by atoms with Crippen molar-refractivity contribution in [2.45, 2.75) is 4.90 Å². The molecule has 1 atom stereocenters. The molecule has 0 spiro atoms. The van der Waals surface area contributed by atoms with Crippen molar-refractivity contribution in [2.75, 3.05) is 0 Å². The van der Waals surface area contributed by atoms with Crippen molar-refractivity contribution in [3.63, 3.8) is 0 Å². The van der Waals surface area contributed by atoms with Crippen molar-refractivity contribution in [2.24, 2.45) is 5.90 Å². The first kappa shape index (κ1) is 12.2. The Morgan fingerprint density at radius 1 is 1.25 bits per heavy atom. The number of hydrogen-bond acceptors (Lipinski definition) is 7.